The van der Waals surface area contributed by atoms with Crippen LogP contribution in [0.5, 0.6) is 0 Å². The molecule has 0 saturated carbocycles. The first-order valence-corrected chi connectivity index (χ1v) is 9.96. The Balaban J connectivity index is 1.72. The predicted molar refractivity (Wildman–Crippen MR) is 116 cm³/mol. The highest BCUT2D eigenvalue weighted by Gasteiger charge is 2.16. The lowest BCUT2D eigenvalue weighted by Gasteiger charge is -2.19. The Morgan fingerprint density at radius 1 is 1.11 bits per heavy atom. The Morgan fingerprint density at radius 2 is 1.86 bits per heavy atom. The number of benzene rings is 2. The molecule has 0 fully saturated rings. The van der Waals surface area contributed by atoms with Crippen LogP contribution in [0, 0.1) is 13.8 Å². The minimum atomic E-state index is 0.150. The standard InChI is InChI=1S/C23H30N4O/c1-6-24-23(25-14-15(2)22-17(4)27-28-18(22)5)26-16(3)20-12-11-19-9-7-8-10-21(19)13-20/h7-13,15-16H,6,14H2,1-5H3,(H2,24,25,26). The topological polar surface area (TPSA) is 62.5 Å². The summed E-state index contributed by atoms with van der Waals surface area (Å²) in [6, 6.07) is 15.2. The fraction of sp³-hybridized carbons (Fsp3) is 0.391. The summed E-state index contributed by atoms with van der Waals surface area (Å²) in [4.78, 5) is 4.80. The number of rotatable bonds is 6. The summed E-state index contributed by atoms with van der Waals surface area (Å²) in [5.41, 5.74) is 3.34. The normalized spacial score (nSPS) is 14.1. The molecular formula is C23H30N4O. The van der Waals surface area contributed by atoms with E-state index in [4.69, 9.17) is 9.52 Å². The second-order valence-electron chi connectivity index (χ2n) is 7.33. The van der Waals surface area contributed by atoms with Gasteiger partial charge in [0.25, 0.3) is 0 Å². The molecule has 148 valence electrons. The van der Waals surface area contributed by atoms with Crippen LogP contribution in [-0.2, 0) is 0 Å². The van der Waals surface area contributed by atoms with Gasteiger partial charge < -0.3 is 15.2 Å². The summed E-state index contributed by atoms with van der Waals surface area (Å²) in [7, 11) is 0. The van der Waals surface area contributed by atoms with Gasteiger partial charge in [-0.1, -0.05) is 48.5 Å². The van der Waals surface area contributed by atoms with Crippen molar-refractivity contribution < 1.29 is 4.52 Å². The lowest BCUT2D eigenvalue weighted by atomic mass is 10.00. The molecule has 2 N–H and O–H groups in total. The molecule has 0 amide bonds. The molecule has 3 aromatic rings. The second kappa shape index (κ2) is 8.91. The molecule has 0 saturated heterocycles. The SMILES string of the molecule is CCNC(=NCC(C)c1c(C)noc1C)NC(C)c1ccc2ccccc2c1. The fourth-order valence-corrected chi connectivity index (χ4v) is 3.60. The van der Waals surface area contributed by atoms with Crippen molar-refractivity contribution in [3.8, 4) is 0 Å². The quantitative estimate of drug-likeness (QED) is 0.475. The van der Waals surface area contributed by atoms with E-state index in [1.165, 1.54) is 16.3 Å². The number of nitrogens with one attached hydrogen (secondary N) is 2. The molecule has 1 aromatic heterocycles. The van der Waals surface area contributed by atoms with Crippen molar-refractivity contribution in [2.45, 2.75) is 46.6 Å². The molecule has 28 heavy (non-hydrogen) atoms. The number of hydrogen-bond donors (Lipinski definition) is 2. The van der Waals surface area contributed by atoms with E-state index in [1.807, 2.05) is 13.8 Å². The zero-order valence-electron chi connectivity index (χ0n) is 17.4. The Bertz CT molecular complexity index is 941. The van der Waals surface area contributed by atoms with Crippen molar-refractivity contribution in [3.63, 3.8) is 0 Å². The van der Waals surface area contributed by atoms with Crippen molar-refractivity contribution in [1.82, 2.24) is 15.8 Å². The van der Waals surface area contributed by atoms with Crippen LogP contribution in [0.15, 0.2) is 52.0 Å². The summed E-state index contributed by atoms with van der Waals surface area (Å²) in [5.74, 6) is 1.95. The van der Waals surface area contributed by atoms with E-state index in [1.54, 1.807) is 0 Å². The first-order valence-electron chi connectivity index (χ1n) is 9.96. The average molecular weight is 379 g/mol. The van der Waals surface area contributed by atoms with Gasteiger partial charge in [0.05, 0.1) is 11.7 Å². The van der Waals surface area contributed by atoms with E-state index in [-0.39, 0.29) is 12.0 Å². The Labute approximate surface area is 167 Å². The second-order valence-corrected chi connectivity index (χ2v) is 7.33. The monoisotopic (exact) mass is 378 g/mol. The molecule has 0 spiro atoms. The van der Waals surface area contributed by atoms with Crippen LogP contribution >= 0.6 is 0 Å². The molecule has 3 rings (SSSR count). The van der Waals surface area contributed by atoms with E-state index in [0.717, 1.165) is 29.5 Å². The van der Waals surface area contributed by atoms with E-state index < -0.39 is 0 Å². The summed E-state index contributed by atoms with van der Waals surface area (Å²) in [6.45, 7) is 11.8. The number of fused-ring (bicyclic) bond motifs is 1. The molecule has 2 aromatic carbocycles. The third kappa shape index (κ3) is 4.53. The molecular weight excluding hydrogens is 348 g/mol. The Kier molecular flexibility index (Phi) is 6.34. The maximum atomic E-state index is 5.30. The van der Waals surface area contributed by atoms with Crippen LogP contribution in [0.4, 0.5) is 0 Å². The number of nitrogens with zero attached hydrogens (tertiary/aromatic N) is 2. The molecule has 0 aliphatic heterocycles. The van der Waals surface area contributed by atoms with Crippen LogP contribution in [-0.4, -0.2) is 24.2 Å². The minimum absolute atomic E-state index is 0.150. The number of aromatic nitrogens is 1. The van der Waals surface area contributed by atoms with Gasteiger partial charge in [-0.2, -0.15) is 0 Å². The van der Waals surface area contributed by atoms with Gasteiger partial charge >= 0.3 is 0 Å². The van der Waals surface area contributed by atoms with Crippen LogP contribution in [0.2, 0.25) is 0 Å². The van der Waals surface area contributed by atoms with E-state index in [0.29, 0.717) is 6.54 Å². The zero-order chi connectivity index (χ0) is 20.1. The zero-order valence-corrected chi connectivity index (χ0v) is 17.4. The predicted octanol–water partition coefficient (Wildman–Crippen LogP) is 4.86. The number of aryl methyl sites for hydroxylation is 2. The Hall–Kier alpha value is -2.82. The van der Waals surface area contributed by atoms with E-state index in [2.05, 4.69) is 79.0 Å². The molecule has 0 bridgehead atoms. The highest BCUT2D eigenvalue weighted by molar-refractivity contribution is 5.84. The smallest absolute Gasteiger partial charge is 0.191 e. The highest BCUT2D eigenvalue weighted by atomic mass is 16.5. The van der Waals surface area contributed by atoms with Gasteiger partial charge in [-0.05, 0) is 50.1 Å². The maximum absolute atomic E-state index is 5.30. The minimum Gasteiger partial charge on any atom is -0.361 e. The van der Waals surface area contributed by atoms with Gasteiger partial charge in [-0.25, -0.2) is 0 Å². The summed E-state index contributed by atoms with van der Waals surface area (Å²) < 4.78 is 5.30. The van der Waals surface area contributed by atoms with Gasteiger partial charge in [0.1, 0.15) is 5.76 Å². The molecule has 2 atom stereocenters. The highest BCUT2D eigenvalue weighted by Crippen LogP contribution is 2.23. The lowest BCUT2D eigenvalue weighted by Crippen LogP contribution is -2.39. The van der Waals surface area contributed by atoms with Crippen LogP contribution < -0.4 is 10.6 Å². The third-order valence-corrected chi connectivity index (χ3v) is 5.08. The Morgan fingerprint density at radius 3 is 2.54 bits per heavy atom. The van der Waals surface area contributed by atoms with Crippen LogP contribution in [0.25, 0.3) is 10.8 Å². The van der Waals surface area contributed by atoms with Gasteiger partial charge in [0.15, 0.2) is 5.96 Å². The molecule has 1 heterocycles. The first kappa shape index (κ1) is 19.9. The van der Waals surface area contributed by atoms with Crippen LogP contribution in [0.3, 0.4) is 0 Å². The van der Waals surface area contributed by atoms with Gasteiger partial charge in [-0.3, -0.25) is 4.99 Å². The number of guanidine groups is 1. The summed E-state index contributed by atoms with van der Waals surface area (Å²) in [5, 5.41) is 13.4. The van der Waals surface area contributed by atoms with Crippen molar-refractivity contribution >= 4 is 16.7 Å². The van der Waals surface area contributed by atoms with E-state index >= 15 is 0 Å². The van der Waals surface area contributed by atoms with Crippen LogP contribution in [0.1, 0.15) is 55.3 Å². The number of hydrogen-bond acceptors (Lipinski definition) is 3. The van der Waals surface area contributed by atoms with Crippen molar-refractivity contribution in [2.75, 3.05) is 13.1 Å². The fourth-order valence-electron chi connectivity index (χ4n) is 3.60. The van der Waals surface area contributed by atoms with Gasteiger partial charge in [0, 0.05) is 24.6 Å². The average Bonchev–Trinajstić information content (AvgIpc) is 3.03. The molecule has 2 unspecified atom stereocenters. The van der Waals surface area contributed by atoms with Crippen molar-refractivity contribution in [2.24, 2.45) is 4.99 Å². The van der Waals surface area contributed by atoms with Crippen molar-refractivity contribution in [3.05, 3.63) is 65.0 Å². The molecule has 0 radical (unpaired) electrons. The molecule has 5 nitrogen and oxygen atoms in total. The molecule has 5 heteroatoms. The first-order chi connectivity index (χ1) is 13.5. The van der Waals surface area contributed by atoms with Crippen molar-refractivity contribution in [1.29, 1.82) is 0 Å². The molecule has 0 aliphatic rings. The lowest BCUT2D eigenvalue weighted by molar-refractivity contribution is 0.391. The largest absolute Gasteiger partial charge is 0.361 e. The summed E-state index contributed by atoms with van der Waals surface area (Å²) in [6.07, 6.45) is 0. The van der Waals surface area contributed by atoms with Gasteiger partial charge in [0.2, 0.25) is 0 Å². The maximum Gasteiger partial charge on any atom is 0.191 e. The third-order valence-electron chi connectivity index (χ3n) is 5.08. The molecule has 0 aliphatic carbocycles. The van der Waals surface area contributed by atoms with Gasteiger partial charge in [-0.15, -0.1) is 0 Å². The number of aliphatic imine (C=N–C) groups is 1. The van der Waals surface area contributed by atoms with E-state index in [9.17, 15) is 0 Å². The summed E-state index contributed by atoms with van der Waals surface area (Å²) >= 11 is 0.